The Balaban J connectivity index is 1.67. The summed E-state index contributed by atoms with van der Waals surface area (Å²) in [6.07, 6.45) is 5.21. The van der Waals surface area contributed by atoms with Gasteiger partial charge in [0.2, 0.25) is 5.91 Å². The molecular formula is C13H15N5O. The standard InChI is InChI=1S/C13H15N5O/c19-13(12-2-1-7-14-12)17-10-3-5-11(6-4-10)18-15-8-9-16-18/h3-6,8-9,12,14H,1-2,7H2,(H,17,19). The minimum Gasteiger partial charge on any atom is -0.325 e. The van der Waals surface area contributed by atoms with Gasteiger partial charge in [-0.25, -0.2) is 0 Å². The number of hydrogen-bond donors (Lipinski definition) is 2. The fourth-order valence-electron chi connectivity index (χ4n) is 2.16. The molecule has 2 heterocycles. The van der Waals surface area contributed by atoms with Gasteiger partial charge in [0.15, 0.2) is 0 Å². The first kappa shape index (κ1) is 11.9. The molecule has 2 aromatic rings. The van der Waals surface area contributed by atoms with Crippen LogP contribution in [0.5, 0.6) is 0 Å². The minimum atomic E-state index is -0.0625. The van der Waals surface area contributed by atoms with Crippen molar-refractivity contribution >= 4 is 11.6 Å². The smallest absolute Gasteiger partial charge is 0.241 e. The van der Waals surface area contributed by atoms with Gasteiger partial charge in [0.1, 0.15) is 0 Å². The number of anilines is 1. The Bertz CT molecular complexity index is 543. The first-order valence-corrected chi connectivity index (χ1v) is 6.34. The highest BCUT2D eigenvalue weighted by Crippen LogP contribution is 2.13. The van der Waals surface area contributed by atoms with E-state index in [0.717, 1.165) is 30.8 Å². The lowest BCUT2D eigenvalue weighted by molar-refractivity contribution is -0.117. The van der Waals surface area contributed by atoms with Crippen LogP contribution >= 0.6 is 0 Å². The fraction of sp³-hybridized carbons (Fsp3) is 0.308. The Kier molecular flexibility index (Phi) is 3.24. The van der Waals surface area contributed by atoms with E-state index >= 15 is 0 Å². The molecule has 2 N–H and O–H groups in total. The quantitative estimate of drug-likeness (QED) is 0.859. The van der Waals surface area contributed by atoms with Crippen LogP contribution in [0.15, 0.2) is 36.7 Å². The van der Waals surface area contributed by atoms with Crippen molar-refractivity contribution in [2.24, 2.45) is 0 Å². The summed E-state index contributed by atoms with van der Waals surface area (Å²) in [6, 6.07) is 7.39. The van der Waals surface area contributed by atoms with Gasteiger partial charge in [0.25, 0.3) is 0 Å². The molecule has 1 fully saturated rings. The zero-order chi connectivity index (χ0) is 13.1. The van der Waals surface area contributed by atoms with Crippen LogP contribution in [-0.2, 0) is 4.79 Å². The van der Waals surface area contributed by atoms with Gasteiger partial charge in [-0.15, -0.1) is 0 Å². The van der Waals surface area contributed by atoms with Crippen LogP contribution in [0.2, 0.25) is 0 Å². The van der Waals surface area contributed by atoms with Crippen LogP contribution in [0.4, 0.5) is 5.69 Å². The second kappa shape index (κ2) is 5.19. The van der Waals surface area contributed by atoms with Crippen LogP contribution < -0.4 is 10.6 Å². The molecule has 1 unspecified atom stereocenters. The summed E-state index contributed by atoms with van der Waals surface area (Å²) >= 11 is 0. The number of carbonyl (C=O) groups is 1. The van der Waals surface area contributed by atoms with Crippen LogP contribution in [-0.4, -0.2) is 33.5 Å². The van der Waals surface area contributed by atoms with E-state index in [1.54, 1.807) is 12.4 Å². The Labute approximate surface area is 110 Å². The van der Waals surface area contributed by atoms with Crippen molar-refractivity contribution in [1.29, 1.82) is 0 Å². The van der Waals surface area contributed by atoms with Gasteiger partial charge in [-0.3, -0.25) is 4.79 Å². The molecule has 0 bridgehead atoms. The van der Waals surface area contributed by atoms with E-state index in [9.17, 15) is 4.79 Å². The lowest BCUT2D eigenvalue weighted by atomic mass is 10.2. The van der Waals surface area contributed by atoms with Crippen LogP contribution in [0.1, 0.15) is 12.8 Å². The molecule has 0 aliphatic carbocycles. The van der Waals surface area contributed by atoms with Gasteiger partial charge in [-0.1, -0.05) is 0 Å². The van der Waals surface area contributed by atoms with Gasteiger partial charge in [-0.2, -0.15) is 15.0 Å². The van der Waals surface area contributed by atoms with Crippen molar-refractivity contribution in [2.75, 3.05) is 11.9 Å². The maximum absolute atomic E-state index is 11.9. The summed E-state index contributed by atoms with van der Waals surface area (Å²) in [7, 11) is 0. The number of amides is 1. The second-order valence-electron chi connectivity index (χ2n) is 4.50. The largest absolute Gasteiger partial charge is 0.325 e. The van der Waals surface area contributed by atoms with E-state index in [1.165, 1.54) is 4.80 Å². The molecule has 19 heavy (non-hydrogen) atoms. The molecule has 0 saturated carbocycles. The van der Waals surface area contributed by atoms with E-state index in [4.69, 9.17) is 0 Å². The first-order valence-electron chi connectivity index (χ1n) is 6.34. The summed E-state index contributed by atoms with van der Waals surface area (Å²) < 4.78 is 0. The van der Waals surface area contributed by atoms with Crippen molar-refractivity contribution < 1.29 is 4.79 Å². The minimum absolute atomic E-state index is 0.0301. The SMILES string of the molecule is O=C(Nc1ccc(-n2nccn2)cc1)C1CCCN1. The number of hydrogen-bond acceptors (Lipinski definition) is 4. The predicted octanol–water partition coefficient (Wildman–Crippen LogP) is 0.958. The normalized spacial score (nSPS) is 18.4. The number of rotatable bonds is 3. The lowest BCUT2D eigenvalue weighted by Gasteiger charge is -2.11. The van der Waals surface area contributed by atoms with Crippen LogP contribution in [0.25, 0.3) is 5.69 Å². The third-order valence-electron chi connectivity index (χ3n) is 3.16. The Morgan fingerprint density at radius 1 is 1.26 bits per heavy atom. The second-order valence-corrected chi connectivity index (χ2v) is 4.50. The summed E-state index contributed by atoms with van der Waals surface area (Å²) in [5, 5.41) is 14.2. The first-order chi connectivity index (χ1) is 9.33. The third-order valence-corrected chi connectivity index (χ3v) is 3.16. The lowest BCUT2D eigenvalue weighted by Crippen LogP contribution is -2.35. The van der Waals surface area contributed by atoms with Crippen LogP contribution in [0.3, 0.4) is 0 Å². The van der Waals surface area contributed by atoms with Crippen molar-refractivity contribution in [3.05, 3.63) is 36.7 Å². The van der Waals surface area contributed by atoms with Gasteiger partial charge in [0, 0.05) is 5.69 Å². The highest BCUT2D eigenvalue weighted by molar-refractivity contribution is 5.95. The Morgan fingerprint density at radius 3 is 2.63 bits per heavy atom. The fourth-order valence-corrected chi connectivity index (χ4v) is 2.16. The van der Waals surface area contributed by atoms with Gasteiger partial charge in [-0.05, 0) is 43.7 Å². The highest BCUT2D eigenvalue weighted by Gasteiger charge is 2.21. The van der Waals surface area contributed by atoms with E-state index in [-0.39, 0.29) is 11.9 Å². The molecule has 0 spiro atoms. The van der Waals surface area contributed by atoms with Gasteiger partial charge < -0.3 is 10.6 Å². The molecule has 1 aliphatic rings. The summed E-state index contributed by atoms with van der Waals surface area (Å²) in [6.45, 7) is 0.919. The van der Waals surface area contributed by atoms with E-state index in [0.29, 0.717) is 0 Å². The molecule has 1 aromatic heterocycles. The van der Waals surface area contributed by atoms with Crippen molar-refractivity contribution in [3.8, 4) is 5.69 Å². The van der Waals surface area contributed by atoms with E-state index in [2.05, 4.69) is 20.8 Å². The third kappa shape index (κ3) is 2.63. The Morgan fingerprint density at radius 2 is 2.00 bits per heavy atom. The number of nitrogens with zero attached hydrogens (tertiary/aromatic N) is 3. The van der Waals surface area contributed by atoms with Crippen molar-refractivity contribution in [3.63, 3.8) is 0 Å². The topological polar surface area (TPSA) is 71.8 Å². The average molecular weight is 257 g/mol. The zero-order valence-corrected chi connectivity index (χ0v) is 10.4. The summed E-state index contributed by atoms with van der Waals surface area (Å²) in [4.78, 5) is 13.5. The predicted molar refractivity (Wildman–Crippen MR) is 71.0 cm³/mol. The van der Waals surface area contributed by atoms with Crippen molar-refractivity contribution in [1.82, 2.24) is 20.3 Å². The van der Waals surface area contributed by atoms with Gasteiger partial charge in [0.05, 0.1) is 24.1 Å². The molecule has 1 amide bonds. The number of nitrogens with one attached hydrogen (secondary N) is 2. The molecule has 1 atom stereocenters. The molecule has 98 valence electrons. The molecule has 6 nitrogen and oxygen atoms in total. The molecule has 1 saturated heterocycles. The van der Waals surface area contributed by atoms with Crippen molar-refractivity contribution in [2.45, 2.75) is 18.9 Å². The number of carbonyl (C=O) groups excluding carboxylic acids is 1. The molecule has 6 heteroatoms. The zero-order valence-electron chi connectivity index (χ0n) is 10.4. The molecule has 3 rings (SSSR count). The maximum Gasteiger partial charge on any atom is 0.241 e. The summed E-state index contributed by atoms with van der Waals surface area (Å²) in [5.41, 5.74) is 1.65. The van der Waals surface area contributed by atoms with E-state index < -0.39 is 0 Å². The monoisotopic (exact) mass is 257 g/mol. The molecule has 0 radical (unpaired) electrons. The maximum atomic E-state index is 11.9. The number of aromatic nitrogens is 3. The Hall–Kier alpha value is -2.21. The summed E-state index contributed by atoms with van der Waals surface area (Å²) in [5.74, 6) is 0.0301. The number of benzene rings is 1. The molecule has 1 aliphatic heterocycles. The highest BCUT2D eigenvalue weighted by atomic mass is 16.2. The molecular weight excluding hydrogens is 242 g/mol. The van der Waals surface area contributed by atoms with Gasteiger partial charge >= 0.3 is 0 Å². The van der Waals surface area contributed by atoms with E-state index in [1.807, 2.05) is 24.3 Å². The molecule has 1 aromatic carbocycles. The average Bonchev–Trinajstić information content (AvgIpc) is 3.13. The van der Waals surface area contributed by atoms with Crippen LogP contribution in [0, 0.1) is 0 Å².